The highest BCUT2D eigenvalue weighted by Crippen LogP contribution is 2.39. The quantitative estimate of drug-likeness (QED) is 0.662. The van der Waals surface area contributed by atoms with Crippen LogP contribution < -0.4 is 0 Å². The molecule has 0 spiro atoms. The minimum absolute atomic E-state index is 0.0160. The van der Waals surface area contributed by atoms with Crippen LogP contribution in [-0.4, -0.2) is 11.6 Å². The van der Waals surface area contributed by atoms with Crippen LogP contribution in [-0.2, 0) is 9.59 Å². The smallest absolute Gasteiger partial charge is 0.182 e. The van der Waals surface area contributed by atoms with Crippen LogP contribution >= 0.6 is 0 Å². The summed E-state index contributed by atoms with van der Waals surface area (Å²) in [7, 11) is 0. The first kappa shape index (κ1) is 16.9. The minimum Gasteiger partial charge on any atom is -0.290 e. The molecule has 20 heavy (non-hydrogen) atoms. The van der Waals surface area contributed by atoms with Crippen LogP contribution in [0.15, 0.2) is 23.3 Å². The van der Waals surface area contributed by atoms with Crippen molar-refractivity contribution in [1.29, 1.82) is 0 Å². The van der Waals surface area contributed by atoms with Crippen molar-refractivity contribution in [2.45, 2.75) is 67.2 Å². The summed E-state index contributed by atoms with van der Waals surface area (Å²) in [4.78, 5) is 24.9. The van der Waals surface area contributed by atoms with Gasteiger partial charge in [-0.1, -0.05) is 54.4 Å². The Labute approximate surface area is 123 Å². The lowest BCUT2D eigenvalue weighted by Crippen LogP contribution is -2.29. The first-order chi connectivity index (χ1) is 9.15. The largest absolute Gasteiger partial charge is 0.290 e. The zero-order chi connectivity index (χ0) is 15.6. The third kappa shape index (κ3) is 3.47. The van der Waals surface area contributed by atoms with E-state index in [1.165, 1.54) is 0 Å². The molecule has 0 unspecified atom stereocenters. The molecule has 0 amide bonds. The molecule has 0 saturated heterocycles. The van der Waals surface area contributed by atoms with Gasteiger partial charge < -0.3 is 0 Å². The highest BCUT2D eigenvalue weighted by Gasteiger charge is 2.35. The van der Waals surface area contributed by atoms with E-state index in [4.69, 9.17) is 0 Å². The molecule has 0 atom stereocenters. The van der Waals surface area contributed by atoms with Crippen LogP contribution in [0.1, 0.15) is 67.2 Å². The molecule has 1 aliphatic rings. The molecular formula is C18H28O2. The van der Waals surface area contributed by atoms with E-state index in [1.54, 1.807) is 12.2 Å². The van der Waals surface area contributed by atoms with Gasteiger partial charge in [-0.15, -0.1) is 0 Å². The Balaban J connectivity index is 3.10. The van der Waals surface area contributed by atoms with Gasteiger partial charge in [0.15, 0.2) is 11.6 Å². The maximum Gasteiger partial charge on any atom is 0.182 e. The van der Waals surface area contributed by atoms with E-state index in [2.05, 4.69) is 13.8 Å². The van der Waals surface area contributed by atoms with Crippen molar-refractivity contribution in [3.05, 3.63) is 23.3 Å². The number of allylic oxidation sites excluding steroid dienone is 4. The van der Waals surface area contributed by atoms with E-state index in [-0.39, 0.29) is 22.4 Å². The van der Waals surface area contributed by atoms with Crippen molar-refractivity contribution in [3.8, 4) is 0 Å². The van der Waals surface area contributed by atoms with Gasteiger partial charge in [0.25, 0.3) is 0 Å². The van der Waals surface area contributed by atoms with Crippen LogP contribution in [0.5, 0.6) is 0 Å². The SMILES string of the molecule is CCCC(C)(C)C1=CC(=O)C(C(C)(C)CCC)=CC1=O. The van der Waals surface area contributed by atoms with Gasteiger partial charge in [-0.25, -0.2) is 0 Å². The summed E-state index contributed by atoms with van der Waals surface area (Å²) in [6, 6.07) is 0. The molecule has 1 rings (SSSR count). The molecule has 0 aromatic heterocycles. The van der Waals surface area contributed by atoms with E-state index in [1.807, 2.05) is 27.7 Å². The van der Waals surface area contributed by atoms with Crippen LogP contribution in [0.3, 0.4) is 0 Å². The summed E-state index contributed by atoms with van der Waals surface area (Å²) < 4.78 is 0. The van der Waals surface area contributed by atoms with Crippen molar-refractivity contribution >= 4 is 11.6 Å². The van der Waals surface area contributed by atoms with Gasteiger partial charge >= 0.3 is 0 Å². The maximum absolute atomic E-state index is 12.4. The fraction of sp³-hybridized carbons (Fsp3) is 0.667. The Morgan fingerprint density at radius 2 is 1.05 bits per heavy atom. The Kier molecular flexibility index (Phi) is 5.12. The molecular weight excluding hydrogens is 248 g/mol. The van der Waals surface area contributed by atoms with Gasteiger partial charge in [-0.3, -0.25) is 9.59 Å². The zero-order valence-electron chi connectivity index (χ0n) is 13.8. The predicted octanol–water partition coefficient (Wildman–Crippen LogP) is 4.64. The third-order valence-corrected chi connectivity index (χ3v) is 4.29. The lowest BCUT2D eigenvalue weighted by atomic mass is 9.70. The van der Waals surface area contributed by atoms with E-state index < -0.39 is 0 Å². The third-order valence-electron chi connectivity index (χ3n) is 4.29. The number of carbonyl (C=O) groups excluding carboxylic acids is 2. The lowest BCUT2D eigenvalue weighted by Gasteiger charge is -2.32. The van der Waals surface area contributed by atoms with E-state index in [0.29, 0.717) is 11.1 Å². The molecule has 1 aliphatic carbocycles. The lowest BCUT2D eigenvalue weighted by molar-refractivity contribution is -0.116. The number of hydrogen-bond acceptors (Lipinski definition) is 2. The number of hydrogen-bond donors (Lipinski definition) is 0. The summed E-state index contributed by atoms with van der Waals surface area (Å²) >= 11 is 0. The van der Waals surface area contributed by atoms with Gasteiger partial charge in [0.2, 0.25) is 0 Å². The monoisotopic (exact) mass is 276 g/mol. The van der Waals surface area contributed by atoms with Crippen molar-refractivity contribution in [3.63, 3.8) is 0 Å². The second-order valence-corrected chi connectivity index (χ2v) is 7.11. The van der Waals surface area contributed by atoms with Crippen LogP contribution in [0.25, 0.3) is 0 Å². The van der Waals surface area contributed by atoms with Crippen molar-refractivity contribution in [1.82, 2.24) is 0 Å². The number of ketones is 2. The predicted molar refractivity (Wildman–Crippen MR) is 83.6 cm³/mol. The molecule has 2 nitrogen and oxygen atoms in total. The number of rotatable bonds is 6. The van der Waals surface area contributed by atoms with Gasteiger partial charge in [-0.2, -0.15) is 0 Å². The second-order valence-electron chi connectivity index (χ2n) is 7.11. The molecule has 0 heterocycles. The molecule has 2 heteroatoms. The molecule has 0 aliphatic heterocycles. The van der Waals surface area contributed by atoms with Crippen LogP contribution in [0, 0.1) is 10.8 Å². The van der Waals surface area contributed by atoms with E-state index >= 15 is 0 Å². The topological polar surface area (TPSA) is 34.1 Å². The second kappa shape index (κ2) is 6.07. The average Bonchev–Trinajstić information content (AvgIpc) is 2.31. The van der Waals surface area contributed by atoms with Crippen LogP contribution in [0.4, 0.5) is 0 Å². The standard InChI is InChI=1S/C18H28O2/c1-7-9-17(3,4)13-11-16(20)14(12-15(13)19)18(5,6)10-8-2/h11-12H,7-10H2,1-6H3. The molecule has 0 saturated carbocycles. The summed E-state index contributed by atoms with van der Waals surface area (Å²) in [5.41, 5.74) is 0.886. The normalized spacial score (nSPS) is 17.1. The molecule has 0 aromatic rings. The molecule has 0 aromatic carbocycles. The van der Waals surface area contributed by atoms with Gasteiger partial charge in [-0.05, 0) is 35.8 Å². The molecule has 0 bridgehead atoms. The highest BCUT2D eigenvalue weighted by atomic mass is 16.1. The Morgan fingerprint density at radius 3 is 1.30 bits per heavy atom. The van der Waals surface area contributed by atoms with Crippen molar-refractivity contribution < 1.29 is 9.59 Å². The number of carbonyl (C=O) groups is 2. The Morgan fingerprint density at radius 1 is 0.750 bits per heavy atom. The average molecular weight is 276 g/mol. The zero-order valence-corrected chi connectivity index (χ0v) is 13.8. The maximum atomic E-state index is 12.4. The van der Waals surface area contributed by atoms with Gasteiger partial charge in [0.05, 0.1) is 0 Å². The van der Waals surface area contributed by atoms with E-state index in [9.17, 15) is 9.59 Å². The molecule has 112 valence electrons. The minimum atomic E-state index is -0.224. The van der Waals surface area contributed by atoms with Crippen molar-refractivity contribution in [2.75, 3.05) is 0 Å². The first-order valence-corrected chi connectivity index (χ1v) is 7.68. The fourth-order valence-electron chi connectivity index (χ4n) is 3.14. The molecule has 0 fully saturated rings. The molecule has 0 N–H and O–H groups in total. The Hall–Kier alpha value is -1.18. The van der Waals surface area contributed by atoms with Crippen LogP contribution in [0.2, 0.25) is 0 Å². The highest BCUT2D eigenvalue weighted by molar-refractivity contribution is 6.20. The summed E-state index contributed by atoms with van der Waals surface area (Å²) in [5.74, 6) is 0.0319. The summed E-state index contributed by atoms with van der Waals surface area (Å²) in [6.45, 7) is 12.4. The molecule has 0 radical (unpaired) electrons. The first-order valence-electron chi connectivity index (χ1n) is 7.68. The van der Waals surface area contributed by atoms with Gasteiger partial charge in [0.1, 0.15) is 0 Å². The fourth-order valence-corrected chi connectivity index (χ4v) is 3.14. The van der Waals surface area contributed by atoms with Crippen molar-refractivity contribution in [2.24, 2.45) is 10.8 Å². The summed E-state index contributed by atoms with van der Waals surface area (Å²) in [5, 5.41) is 0. The summed E-state index contributed by atoms with van der Waals surface area (Å²) in [6.07, 6.45) is 7.02. The van der Waals surface area contributed by atoms with Gasteiger partial charge in [0, 0.05) is 11.1 Å². The van der Waals surface area contributed by atoms with E-state index in [0.717, 1.165) is 25.7 Å². The Bertz CT molecular complexity index is 418.